The molecule has 1 aliphatic rings. The number of rotatable bonds is 3. The van der Waals surface area contributed by atoms with Crippen LogP contribution >= 0.6 is 11.3 Å². The molecule has 1 aromatic rings. The van der Waals surface area contributed by atoms with E-state index in [0.717, 1.165) is 0 Å². The molecule has 0 radical (unpaired) electrons. The first-order valence-corrected chi connectivity index (χ1v) is 7.27. The van der Waals surface area contributed by atoms with Crippen LogP contribution in [0.3, 0.4) is 0 Å². The van der Waals surface area contributed by atoms with Crippen LogP contribution in [0.15, 0.2) is 17.5 Å². The zero-order valence-corrected chi connectivity index (χ0v) is 11.4. The summed E-state index contributed by atoms with van der Waals surface area (Å²) >= 11 is 1.86. The minimum atomic E-state index is 0.462. The lowest BCUT2D eigenvalue weighted by Crippen LogP contribution is -2.44. The van der Waals surface area contributed by atoms with E-state index in [0.29, 0.717) is 17.5 Å². The van der Waals surface area contributed by atoms with Gasteiger partial charge >= 0.3 is 0 Å². The van der Waals surface area contributed by atoms with E-state index in [1.165, 1.54) is 30.6 Å². The van der Waals surface area contributed by atoms with Crippen LogP contribution < -0.4 is 5.32 Å². The number of nitrogens with one attached hydrogen (secondary N) is 1. The van der Waals surface area contributed by atoms with Gasteiger partial charge < -0.3 is 5.32 Å². The van der Waals surface area contributed by atoms with Gasteiger partial charge in [-0.1, -0.05) is 32.8 Å². The molecule has 90 valence electrons. The van der Waals surface area contributed by atoms with Gasteiger partial charge in [-0.15, -0.1) is 11.3 Å². The maximum absolute atomic E-state index is 3.82. The van der Waals surface area contributed by atoms with E-state index >= 15 is 0 Å². The van der Waals surface area contributed by atoms with Gasteiger partial charge in [0.05, 0.1) is 0 Å². The van der Waals surface area contributed by atoms with Crippen molar-refractivity contribution in [2.24, 2.45) is 5.41 Å². The normalized spacial score (nSPS) is 26.6. The van der Waals surface area contributed by atoms with Crippen LogP contribution in [0.25, 0.3) is 0 Å². The van der Waals surface area contributed by atoms with E-state index in [2.05, 4.69) is 43.6 Å². The molecule has 16 heavy (non-hydrogen) atoms. The molecule has 0 aliphatic heterocycles. The summed E-state index contributed by atoms with van der Waals surface area (Å²) < 4.78 is 0. The molecule has 0 saturated heterocycles. The van der Waals surface area contributed by atoms with Crippen LogP contribution in [0.4, 0.5) is 0 Å². The van der Waals surface area contributed by atoms with Crippen molar-refractivity contribution in [2.75, 3.05) is 0 Å². The lowest BCUT2D eigenvalue weighted by atomic mass is 9.73. The van der Waals surface area contributed by atoms with Crippen molar-refractivity contribution in [1.82, 2.24) is 5.32 Å². The molecule has 1 unspecified atom stereocenters. The molecule has 0 aromatic carbocycles. The fourth-order valence-electron chi connectivity index (χ4n) is 2.72. The number of thiophene rings is 1. The summed E-state index contributed by atoms with van der Waals surface area (Å²) in [5, 5.41) is 5.99. The summed E-state index contributed by atoms with van der Waals surface area (Å²) in [6, 6.07) is 5.56. The Hall–Kier alpha value is -0.340. The highest BCUT2D eigenvalue weighted by Crippen LogP contribution is 2.36. The van der Waals surface area contributed by atoms with Gasteiger partial charge in [-0.05, 0) is 36.6 Å². The van der Waals surface area contributed by atoms with E-state index in [1.54, 1.807) is 0 Å². The average molecular weight is 237 g/mol. The maximum atomic E-state index is 3.82. The van der Waals surface area contributed by atoms with Crippen LogP contribution in [-0.4, -0.2) is 6.04 Å². The Labute approximate surface area is 103 Å². The van der Waals surface area contributed by atoms with Crippen molar-refractivity contribution >= 4 is 11.3 Å². The topological polar surface area (TPSA) is 12.0 Å². The molecule has 1 saturated carbocycles. The monoisotopic (exact) mass is 237 g/mol. The second-order valence-electron chi connectivity index (χ2n) is 5.69. The Kier molecular flexibility index (Phi) is 3.70. The van der Waals surface area contributed by atoms with E-state index in [-0.39, 0.29) is 0 Å². The van der Waals surface area contributed by atoms with Crippen molar-refractivity contribution < 1.29 is 0 Å². The van der Waals surface area contributed by atoms with Gasteiger partial charge in [0.1, 0.15) is 0 Å². The molecule has 2 atom stereocenters. The minimum Gasteiger partial charge on any atom is -0.306 e. The van der Waals surface area contributed by atoms with Gasteiger partial charge in [0.15, 0.2) is 0 Å². The largest absolute Gasteiger partial charge is 0.306 e. The van der Waals surface area contributed by atoms with Crippen LogP contribution in [0.5, 0.6) is 0 Å². The fraction of sp³-hybridized carbons (Fsp3) is 0.714. The third-order valence-corrected chi connectivity index (χ3v) is 4.98. The van der Waals surface area contributed by atoms with Gasteiger partial charge in [-0.3, -0.25) is 0 Å². The van der Waals surface area contributed by atoms with Gasteiger partial charge in [0, 0.05) is 17.0 Å². The second-order valence-corrected chi connectivity index (χ2v) is 6.67. The van der Waals surface area contributed by atoms with Crippen LogP contribution in [0, 0.1) is 5.41 Å². The van der Waals surface area contributed by atoms with Crippen molar-refractivity contribution in [3.8, 4) is 0 Å². The molecular formula is C14H23NS. The van der Waals surface area contributed by atoms with Crippen molar-refractivity contribution in [2.45, 2.75) is 58.5 Å². The molecule has 0 bridgehead atoms. The standard InChI is InChI=1S/C14H23NS/c1-11(12-7-6-10-16-12)15-13-8-4-5-9-14(13,2)3/h6-7,10-11,13,15H,4-5,8-9H2,1-3H3/t11-,13?/m1/s1. The van der Waals surface area contributed by atoms with E-state index in [4.69, 9.17) is 0 Å². The Morgan fingerprint density at radius 2 is 2.25 bits per heavy atom. The van der Waals surface area contributed by atoms with E-state index in [1.807, 2.05) is 11.3 Å². The molecule has 0 amide bonds. The summed E-state index contributed by atoms with van der Waals surface area (Å²) in [5.41, 5.74) is 0.462. The van der Waals surface area contributed by atoms with Crippen molar-refractivity contribution in [3.05, 3.63) is 22.4 Å². The van der Waals surface area contributed by atoms with E-state index < -0.39 is 0 Å². The molecule has 1 nitrogen and oxygen atoms in total. The molecule has 1 fully saturated rings. The lowest BCUT2D eigenvalue weighted by molar-refractivity contribution is 0.158. The summed E-state index contributed by atoms with van der Waals surface area (Å²) in [6.07, 6.45) is 5.49. The summed E-state index contributed by atoms with van der Waals surface area (Å²) in [4.78, 5) is 1.46. The summed E-state index contributed by atoms with van der Waals surface area (Å²) in [6.45, 7) is 7.10. The maximum Gasteiger partial charge on any atom is 0.0388 e. The second kappa shape index (κ2) is 4.89. The Morgan fingerprint density at radius 1 is 1.44 bits per heavy atom. The first-order valence-electron chi connectivity index (χ1n) is 6.39. The fourth-order valence-corrected chi connectivity index (χ4v) is 3.47. The van der Waals surface area contributed by atoms with Crippen molar-refractivity contribution in [3.63, 3.8) is 0 Å². The molecular weight excluding hydrogens is 214 g/mol. The van der Waals surface area contributed by atoms with E-state index in [9.17, 15) is 0 Å². The van der Waals surface area contributed by atoms with Gasteiger partial charge in [-0.25, -0.2) is 0 Å². The highest BCUT2D eigenvalue weighted by molar-refractivity contribution is 7.10. The van der Waals surface area contributed by atoms with Crippen molar-refractivity contribution in [1.29, 1.82) is 0 Å². The summed E-state index contributed by atoms with van der Waals surface area (Å²) in [5.74, 6) is 0. The molecule has 0 spiro atoms. The first-order chi connectivity index (χ1) is 7.59. The predicted octanol–water partition coefficient (Wildman–Crippen LogP) is 4.37. The highest BCUT2D eigenvalue weighted by atomic mass is 32.1. The smallest absolute Gasteiger partial charge is 0.0388 e. The molecule has 1 aliphatic carbocycles. The SMILES string of the molecule is C[C@@H](NC1CCCCC1(C)C)c1cccs1. The van der Waals surface area contributed by atoms with Crippen LogP contribution in [0.1, 0.15) is 57.4 Å². The van der Waals surface area contributed by atoms with Gasteiger partial charge in [0.25, 0.3) is 0 Å². The Bertz CT molecular complexity index is 315. The Balaban J connectivity index is 1.98. The average Bonchev–Trinajstić information content (AvgIpc) is 2.74. The number of hydrogen-bond donors (Lipinski definition) is 1. The quantitative estimate of drug-likeness (QED) is 0.823. The zero-order chi connectivity index (χ0) is 11.6. The molecule has 1 N–H and O–H groups in total. The predicted molar refractivity (Wildman–Crippen MR) is 71.9 cm³/mol. The zero-order valence-electron chi connectivity index (χ0n) is 10.6. The number of hydrogen-bond acceptors (Lipinski definition) is 2. The van der Waals surface area contributed by atoms with Gasteiger partial charge in [-0.2, -0.15) is 0 Å². The molecule has 2 heteroatoms. The van der Waals surface area contributed by atoms with Crippen LogP contribution in [0.2, 0.25) is 0 Å². The Morgan fingerprint density at radius 3 is 2.88 bits per heavy atom. The third kappa shape index (κ3) is 2.67. The summed E-state index contributed by atoms with van der Waals surface area (Å²) in [7, 11) is 0. The molecule has 1 aromatic heterocycles. The highest BCUT2D eigenvalue weighted by Gasteiger charge is 2.32. The first kappa shape index (κ1) is 12.1. The minimum absolute atomic E-state index is 0.462. The van der Waals surface area contributed by atoms with Crippen LogP contribution in [-0.2, 0) is 0 Å². The third-order valence-electron chi connectivity index (χ3n) is 3.93. The lowest BCUT2D eigenvalue weighted by Gasteiger charge is -2.40. The van der Waals surface area contributed by atoms with Gasteiger partial charge in [0.2, 0.25) is 0 Å². The molecule has 1 heterocycles. The molecule has 2 rings (SSSR count).